The Morgan fingerprint density at radius 2 is 1.88 bits per heavy atom. The Labute approximate surface area is 157 Å². The number of para-hydroxylation sites is 1. The highest BCUT2D eigenvalue weighted by Crippen LogP contribution is 2.31. The van der Waals surface area contributed by atoms with Crippen LogP contribution in [0.25, 0.3) is 16.6 Å². The molecule has 7 nitrogen and oxygen atoms in total. The minimum Gasteiger partial charge on any atom is -0.297 e. The Hall–Kier alpha value is -3.10. The molecule has 1 N–H and O–H groups in total. The van der Waals surface area contributed by atoms with Gasteiger partial charge in [-0.25, -0.2) is 0 Å². The summed E-state index contributed by atoms with van der Waals surface area (Å²) in [7, 11) is 0. The van der Waals surface area contributed by atoms with Crippen LogP contribution in [-0.4, -0.2) is 21.0 Å². The average molecular weight is 387 g/mol. The first-order chi connectivity index (χ1) is 12.5. The number of carbonyl (C=O) groups is 1. The van der Waals surface area contributed by atoms with Crippen LogP contribution in [0.1, 0.15) is 5.56 Å². The van der Waals surface area contributed by atoms with Gasteiger partial charge in [0.25, 0.3) is 5.69 Å². The second-order valence-electron chi connectivity index (χ2n) is 5.03. The predicted molar refractivity (Wildman–Crippen MR) is 101 cm³/mol. The van der Waals surface area contributed by atoms with Crippen LogP contribution in [0, 0.1) is 10.1 Å². The average Bonchev–Trinajstić information content (AvgIpc) is 3.08. The lowest BCUT2D eigenvalue weighted by atomic mass is 10.1. The van der Waals surface area contributed by atoms with Gasteiger partial charge in [-0.3, -0.25) is 20.2 Å². The summed E-state index contributed by atoms with van der Waals surface area (Å²) in [5.74, 6) is -0.468. The zero-order chi connectivity index (χ0) is 18.5. The number of hydrogen-bond donors (Lipinski definition) is 1. The molecule has 2 aromatic carbocycles. The summed E-state index contributed by atoms with van der Waals surface area (Å²) in [4.78, 5) is 22.5. The Kier molecular flexibility index (Phi) is 5.35. The molecule has 26 heavy (non-hydrogen) atoms. The number of benzene rings is 2. The summed E-state index contributed by atoms with van der Waals surface area (Å²) in [6.45, 7) is 0. The van der Waals surface area contributed by atoms with Gasteiger partial charge in [-0.15, -0.1) is 10.2 Å². The Morgan fingerprint density at radius 1 is 1.15 bits per heavy atom. The van der Waals surface area contributed by atoms with Crippen LogP contribution in [0.4, 0.5) is 10.8 Å². The topological polar surface area (TPSA) is 98.0 Å². The molecular formula is C17H11ClN4O3S. The number of anilines is 1. The lowest BCUT2D eigenvalue weighted by Gasteiger charge is -1.98. The van der Waals surface area contributed by atoms with E-state index < -0.39 is 10.8 Å². The summed E-state index contributed by atoms with van der Waals surface area (Å²) < 4.78 is 0. The van der Waals surface area contributed by atoms with E-state index in [1.807, 2.05) is 18.2 Å². The summed E-state index contributed by atoms with van der Waals surface area (Å²) in [5.41, 5.74) is 0.984. The summed E-state index contributed by atoms with van der Waals surface area (Å²) in [6, 6.07) is 13.3. The van der Waals surface area contributed by atoms with Crippen molar-refractivity contribution < 1.29 is 9.72 Å². The molecule has 0 radical (unpaired) electrons. The van der Waals surface area contributed by atoms with Crippen LogP contribution in [-0.2, 0) is 4.79 Å². The first-order valence-corrected chi connectivity index (χ1v) is 8.55. The van der Waals surface area contributed by atoms with Crippen molar-refractivity contribution in [1.29, 1.82) is 0 Å². The maximum absolute atomic E-state index is 12.0. The number of amides is 1. The van der Waals surface area contributed by atoms with Gasteiger partial charge in [0.2, 0.25) is 11.0 Å². The quantitative estimate of drug-likeness (QED) is 0.397. The third kappa shape index (κ3) is 4.11. The first kappa shape index (κ1) is 17.7. The maximum Gasteiger partial charge on any atom is 0.276 e. The molecule has 0 aliphatic rings. The third-order valence-electron chi connectivity index (χ3n) is 3.31. The monoisotopic (exact) mass is 386 g/mol. The zero-order valence-electron chi connectivity index (χ0n) is 13.1. The SMILES string of the molecule is O=C(/C=C/c1ccccc1[N+](=O)[O-])Nc1nnc(-c2ccccc2Cl)s1. The van der Waals surface area contributed by atoms with Crippen molar-refractivity contribution in [3.8, 4) is 10.6 Å². The summed E-state index contributed by atoms with van der Waals surface area (Å²) >= 11 is 7.29. The smallest absolute Gasteiger partial charge is 0.276 e. The van der Waals surface area contributed by atoms with Gasteiger partial charge in [0.15, 0.2) is 5.01 Å². The van der Waals surface area contributed by atoms with Gasteiger partial charge in [-0.05, 0) is 18.2 Å². The van der Waals surface area contributed by atoms with Crippen LogP contribution in [0.15, 0.2) is 54.6 Å². The molecule has 3 rings (SSSR count). The molecule has 0 spiro atoms. The van der Waals surface area contributed by atoms with Gasteiger partial charge in [-0.1, -0.05) is 53.3 Å². The van der Waals surface area contributed by atoms with E-state index in [4.69, 9.17) is 11.6 Å². The molecular weight excluding hydrogens is 376 g/mol. The minimum absolute atomic E-state index is 0.0755. The van der Waals surface area contributed by atoms with E-state index >= 15 is 0 Å². The Balaban J connectivity index is 1.72. The maximum atomic E-state index is 12.0. The summed E-state index contributed by atoms with van der Waals surface area (Å²) in [6.07, 6.45) is 2.59. The Morgan fingerprint density at radius 3 is 2.65 bits per heavy atom. The van der Waals surface area contributed by atoms with Crippen LogP contribution < -0.4 is 5.32 Å². The van der Waals surface area contributed by atoms with E-state index in [-0.39, 0.29) is 5.69 Å². The van der Waals surface area contributed by atoms with Gasteiger partial charge < -0.3 is 0 Å². The molecule has 9 heteroatoms. The number of nitro benzene ring substituents is 1. The Bertz CT molecular complexity index is 1000. The number of halogens is 1. The number of nitrogens with zero attached hydrogens (tertiary/aromatic N) is 3. The van der Waals surface area contributed by atoms with Crippen LogP contribution in [0.2, 0.25) is 5.02 Å². The fourth-order valence-electron chi connectivity index (χ4n) is 2.12. The molecule has 0 aliphatic carbocycles. The highest BCUT2D eigenvalue weighted by Gasteiger charge is 2.12. The van der Waals surface area contributed by atoms with Crippen molar-refractivity contribution in [3.05, 3.63) is 75.3 Å². The van der Waals surface area contributed by atoms with Gasteiger partial charge in [-0.2, -0.15) is 0 Å². The van der Waals surface area contributed by atoms with Gasteiger partial charge in [0, 0.05) is 17.7 Å². The van der Waals surface area contributed by atoms with E-state index in [0.717, 1.165) is 5.56 Å². The van der Waals surface area contributed by atoms with Gasteiger partial charge in [0.05, 0.1) is 15.5 Å². The van der Waals surface area contributed by atoms with Crippen molar-refractivity contribution in [2.45, 2.75) is 0 Å². The minimum atomic E-state index is -0.502. The normalized spacial score (nSPS) is 10.8. The number of nitro groups is 1. The zero-order valence-corrected chi connectivity index (χ0v) is 14.7. The van der Waals surface area contributed by atoms with Crippen molar-refractivity contribution in [2.24, 2.45) is 0 Å². The number of hydrogen-bond acceptors (Lipinski definition) is 6. The van der Waals surface area contributed by atoms with Crippen LogP contribution in [0.5, 0.6) is 0 Å². The molecule has 0 unspecified atom stereocenters. The van der Waals surface area contributed by atoms with E-state index in [1.165, 1.54) is 29.6 Å². The molecule has 3 aromatic rings. The molecule has 1 aromatic heterocycles. The second-order valence-corrected chi connectivity index (χ2v) is 6.42. The number of carbonyl (C=O) groups excluding carboxylic acids is 1. The lowest BCUT2D eigenvalue weighted by Crippen LogP contribution is -2.07. The van der Waals surface area contributed by atoms with Crippen molar-refractivity contribution in [1.82, 2.24) is 10.2 Å². The molecule has 0 aliphatic heterocycles. The number of aromatic nitrogens is 2. The van der Waals surface area contributed by atoms with Crippen LogP contribution in [0.3, 0.4) is 0 Å². The molecule has 0 saturated heterocycles. The van der Waals surface area contributed by atoms with Crippen molar-refractivity contribution >= 4 is 45.7 Å². The highest BCUT2D eigenvalue weighted by molar-refractivity contribution is 7.18. The van der Waals surface area contributed by atoms with E-state index in [2.05, 4.69) is 15.5 Å². The largest absolute Gasteiger partial charge is 0.297 e. The molecule has 0 fully saturated rings. The number of nitrogens with one attached hydrogen (secondary N) is 1. The molecule has 1 amide bonds. The predicted octanol–water partition coefficient (Wildman–Crippen LogP) is 4.42. The van der Waals surface area contributed by atoms with Crippen molar-refractivity contribution in [3.63, 3.8) is 0 Å². The van der Waals surface area contributed by atoms with Gasteiger partial charge >= 0.3 is 0 Å². The molecule has 0 bridgehead atoms. The number of rotatable bonds is 5. The molecule has 0 atom stereocenters. The first-order valence-electron chi connectivity index (χ1n) is 7.35. The summed E-state index contributed by atoms with van der Waals surface area (Å²) in [5, 5.41) is 22.9. The fraction of sp³-hybridized carbons (Fsp3) is 0. The van der Waals surface area contributed by atoms with Gasteiger partial charge in [0.1, 0.15) is 0 Å². The van der Waals surface area contributed by atoms with E-state index in [9.17, 15) is 14.9 Å². The lowest BCUT2D eigenvalue weighted by molar-refractivity contribution is -0.385. The van der Waals surface area contributed by atoms with E-state index in [0.29, 0.717) is 20.7 Å². The standard InChI is InChI=1S/C17H11ClN4O3S/c18-13-7-3-2-6-12(13)16-20-21-17(26-16)19-15(23)10-9-11-5-1-4-8-14(11)22(24)25/h1-10H,(H,19,21,23)/b10-9+. The fourth-order valence-corrected chi connectivity index (χ4v) is 3.19. The molecule has 1 heterocycles. The second kappa shape index (κ2) is 7.85. The van der Waals surface area contributed by atoms with E-state index in [1.54, 1.807) is 24.3 Å². The molecule has 130 valence electrons. The van der Waals surface area contributed by atoms with Crippen molar-refractivity contribution in [2.75, 3.05) is 5.32 Å². The highest BCUT2D eigenvalue weighted by atomic mass is 35.5. The van der Waals surface area contributed by atoms with Crippen LogP contribution >= 0.6 is 22.9 Å². The molecule has 0 saturated carbocycles. The third-order valence-corrected chi connectivity index (χ3v) is 4.51.